The number of rotatable bonds is 3. The smallest absolute Gasteiger partial charge is 0.251 e. The maximum Gasteiger partial charge on any atom is 0.452 e. The van der Waals surface area contributed by atoms with Gasteiger partial charge in [0.15, 0.2) is 11.3 Å². The number of aromatic nitrogens is 5. The predicted octanol–water partition coefficient (Wildman–Crippen LogP) is 3.19. The summed E-state index contributed by atoms with van der Waals surface area (Å²) in [5.74, 6) is 0.395. The molecule has 5 nitrogen and oxygen atoms in total. The zero-order valence-corrected chi connectivity index (χ0v) is 12.0. The second-order valence-corrected chi connectivity index (χ2v) is 6.21. The van der Waals surface area contributed by atoms with Crippen molar-refractivity contribution in [1.82, 2.24) is 24.6 Å². The fourth-order valence-electron chi connectivity index (χ4n) is 2.19. The standard InChI is InChI=1S/C13H10F3N5S/c14-13(15,16)12-20-19-10-11(22-6-7-3-4-7)18-8-2-1-5-17-9(8)21(10)12/h1-2,5,7H,3-4,6H2. The number of thioether (sulfide) groups is 1. The van der Waals surface area contributed by atoms with Crippen LogP contribution in [0.15, 0.2) is 23.4 Å². The van der Waals surface area contributed by atoms with Crippen LogP contribution < -0.4 is 0 Å². The monoisotopic (exact) mass is 325 g/mol. The molecule has 0 unspecified atom stereocenters. The average Bonchev–Trinajstić information content (AvgIpc) is 3.18. The van der Waals surface area contributed by atoms with Crippen molar-refractivity contribution >= 4 is 28.6 Å². The highest BCUT2D eigenvalue weighted by molar-refractivity contribution is 7.99. The zero-order valence-electron chi connectivity index (χ0n) is 11.2. The topological polar surface area (TPSA) is 56.0 Å². The van der Waals surface area contributed by atoms with Crippen LogP contribution >= 0.6 is 11.8 Å². The third kappa shape index (κ3) is 2.29. The van der Waals surface area contributed by atoms with Gasteiger partial charge in [0.25, 0.3) is 0 Å². The van der Waals surface area contributed by atoms with Crippen LogP contribution in [-0.4, -0.2) is 30.3 Å². The minimum atomic E-state index is -4.59. The van der Waals surface area contributed by atoms with Crippen molar-refractivity contribution in [3.63, 3.8) is 0 Å². The largest absolute Gasteiger partial charge is 0.452 e. The van der Waals surface area contributed by atoms with Gasteiger partial charge in [-0.1, -0.05) is 0 Å². The molecule has 0 spiro atoms. The Bertz CT molecular complexity index is 856. The molecule has 0 atom stereocenters. The van der Waals surface area contributed by atoms with Crippen LogP contribution in [0.1, 0.15) is 18.7 Å². The molecule has 3 heterocycles. The van der Waals surface area contributed by atoms with Crippen molar-refractivity contribution < 1.29 is 13.2 Å². The number of alkyl halides is 3. The third-order valence-corrected chi connectivity index (χ3v) is 4.65. The van der Waals surface area contributed by atoms with Crippen molar-refractivity contribution in [2.75, 3.05) is 5.75 Å². The molecule has 3 aromatic rings. The summed E-state index contributed by atoms with van der Waals surface area (Å²) in [7, 11) is 0. The normalized spacial score (nSPS) is 15.8. The van der Waals surface area contributed by atoms with E-state index < -0.39 is 12.0 Å². The average molecular weight is 325 g/mol. The fraction of sp³-hybridized carbons (Fsp3) is 0.385. The first-order valence-electron chi connectivity index (χ1n) is 6.74. The van der Waals surface area contributed by atoms with Crippen molar-refractivity contribution in [3.8, 4) is 0 Å². The second-order valence-electron chi connectivity index (χ2n) is 5.20. The Kier molecular flexibility index (Phi) is 3.00. The minimum absolute atomic E-state index is 0.115. The van der Waals surface area contributed by atoms with Gasteiger partial charge in [0.05, 0.1) is 0 Å². The van der Waals surface area contributed by atoms with E-state index in [1.807, 2.05) is 0 Å². The number of halogens is 3. The van der Waals surface area contributed by atoms with Gasteiger partial charge < -0.3 is 0 Å². The Morgan fingerprint density at radius 1 is 1.23 bits per heavy atom. The van der Waals surface area contributed by atoms with E-state index in [4.69, 9.17) is 0 Å². The van der Waals surface area contributed by atoms with Crippen LogP contribution in [0.3, 0.4) is 0 Å². The first kappa shape index (κ1) is 13.7. The maximum atomic E-state index is 13.2. The molecular formula is C13H10F3N5S. The van der Waals surface area contributed by atoms with Gasteiger partial charge in [0.2, 0.25) is 5.82 Å². The molecule has 114 valence electrons. The lowest BCUT2D eigenvalue weighted by Crippen LogP contribution is -2.12. The van der Waals surface area contributed by atoms with Crippen LogP contribution in [-0.2, 0) is 6.18 Å². The molecule has 1 aliphatic rings. The molecule has 1 saturated carbocycles. The highest BCUT2D eigenvalue weighted by Gasteiger charge is 2.38. The van der Waals surface area contributed by atoms with E-state index in [9.17, 15) is 13.2 Å². The minimum Gasteiger partial charge on any atom is -0.251 e. The Hall–Kier alpha value is -1.90. The molecule has 4 rings (SSSR count). The Morgan fingerprint density at radius 2 is 2.05 bits per heavy atom. The van der Waals surface area contributed by atoms with Gasteiger partial charge in [0, 0.05) is 11.9 Å². The van der Waals surface area contributed by atoms with Gasteiger partial charge >= 0.3 is 6.18 Å². The molecule has 1 fully saturated rings. The lowest BCUT2D eigenvalue weighted by atomic mass is 10.4. The van der Waals surface area contributed by atoms with Gasteiger partial charge in [-0.15, -0.1) is 22.0 Å². The van der Waals surface area contributed by atoms with E-state index in [2.05, 4.69) is 20.2 Å². The molecule has 3 aromatic heterocycles. The van der Waals surface area contributed by atoms with Gasteiger partial charge in [-0.2, -0.15) is 13.2 Å². The van der Waals surface area contributed by atoms with Crippen LogP contribution in [0.2, 0.25) is 0 Å². The van der Waals surface area contributed by atoms with Crippen LogP contribution in [0, 0.1) is 5.92 Å². The molecule has 0 aromatic carbocycles. The SMILES string of the molecule is FC(F)(F)c1nnc2c(SCC3CC3)nc3cccnc3n12. The molecule has 0 bridgehead atoms. The molecule has 0 N–H and O–H groups in total. The van der Waals surface area contributed by atoms with Crippen LogP contribution in [0.25, 0.3) is 16.8 Å². The summed E-state index contributed by atoms with van der Waals surface area (Å²) >= 11 is 1.43. The summed E-state index contributed by atoms with van der Waals surface area (Å²) in [4.78, 5) is 8.42. The predicted molar refractivity (Wildman–Crippen MR) is 74.5 cm³/mol. The van der Waals surface area contributed by atoms with Crippen molar-refractivity contribution in [2.45, 2.75) is 24.0 Å². The highest BCUT2D eigenvalue weighted by Crippen LogP contribution is 2.37. The van der Waals surface area contributed by atoms with Crippen molar-refractivity contribution in [2.24, 2.45) is 5.92 Å². The molecule has 22 heavy (non-hydrogen) atoms. The molecule has 1 aliphatic carbocycles. The molecule has 0 radical (unpaired) electrons. The Labute approximate surface area is 127 Å². The summed E-state index contributed by atoms with van der Waals surface area (Å²) < 4.78 is 40.4. The summed E-state index contributed by atoms with van der Waals surface area (Å²) in [5, 5.41) is 7.49. The van der Waals surface area contributed by atoms with Crippen LogP contribution in [0.4, 0.5) is 13.2 Å². The summed E-state index contributed by atoms with van der Waals surface area (Å²) in [5.41, 5.74) is 0.633. The van der Waals surface area contributed by atoms with Gasteiger partial charge in [-0.05, 0) is 30.9 Å². The van der Waals surface area contributed by atoms with Gasteiger partial charge in [0.1, 0.15) is 10.5 Å². The van der Waals surface area contributed by atoms with E-state index in [0.29, 0.717) is 16.5 Å². The lowest BCUT2D eigenvalue weighted by Gasteiger charge is -2.08. The number of fused-ring (bicyclic) bond motifs is 3. The number of pyridine rings is 1. The zero-order chi connectivity index (χ0) is 15.3. The van der Waals surface area contributed by atoms with E-state index in [-0.39, 0.29) is 11.3 Å². The van der Waals surface area contributed by atoms with E-state index in [1.165, 1.54) is 30.8 Å². The number of nitrogens with zero attached hydrogens (tertiary/aromatic N) is 5. The first-order valence-corrected chi connectivity index (χ1v) is 7.72. The molecule has 9 heteroatoms. The van der Waals surface area contributed by atoms with E-state index >= 15 is 0 Å². The second kappa shape index (κ2) is 4.80. The fourth-order valence-corrected chi connectivity index (χ4v) is 3.34. The van der Waals surface area contributed by atoms with E-state index in [0.717, 1.165) is 10.2 Å². The Balaban J connectivity index is 1.96. The highest BCUT2D eigenvalue weighted by atomic mass is 32.2. The number of hydrogen-bond acceptors (Lipinski definition) is 5. The van der Waals surface area contributed by atoms with Gasteiger partial charge in [-0.3, -0.25) is 4.40 Å². The molecule has 0 aliphatic heterocycles. The lowest BCUT2D eigenvalue weighted by molar-refractivity contribution is -0.145. The third-order valence-electron chi connectivity index (χ3n) is 3.46. The first-order chi connectivity index (χ1) is 10.5. The van der Waals surface area contributed by atoms with Crippen LogP contribution in [0.5, 0.6) is 0 Å². The summed E-state index contributed by atoms with van der Waals surface area (Å²) in [6.07, 6.45) is -0.831. The van der Waals surface area contributed by atoms with Crippen molar-refractivity contribution in [3.05, 3.63) is 24.2 Å². The van der Waals surface area contributed by atoms with E-state index in [1.54, 1.807) is 12.1 Å². The molecule has 0 saturated heterocycles. The maximum absolute atomic E-state index is 13.2. The molecule has 0 amide bonds. The number of hydrogen-bond donors (Lipinski definition) is 0. The molecular weight excluding hydrogens is 315 g/mol. The summed E-state index contributed by atoms with van der Waals surface area (Å²) in [6.45, 7) is 0. The quantitative estimate of drug-likeness (QED) is 0.692. The Morgan fingerprint density at radius 3 is 2.77 bits per heavy atom. The van der Waals surface area contributed by atoms with Crippen molar-refractivity contribution in [1.29, 1.82) is 0 Å². The summed E-state index contributed by atoms with van der Waals surface area (Å²) in [6, 6.07) is 3.29. The van der Waals surface area contributed by atoms with Gasteiger partial charge in [-0.25, -0.2) is 9.97 Å².